The Labute approximate surface area is 108 Å². The summed E-state index contributed by atoms with van der Waals surface area (Å²) in [6.45, 7) is 9.86. The van der Waals surface area contributed by atoms with Gasteiger partial charge < -0.3 is 9.80 Å². The fourth-order valence-corrected chi connectivity index (χ4v) is 2.09. The molecule has 0 aromatic rings. The number of nitrogens with zero attached hydrogens (tertiary/aromatic N) is 6. The first-order valence-electron chi connectivity index (χ1n) is 6.62. The maximum absolute atomic E-state index is 4.38. The minimum absolute atomic E-state index is 0.226. The first-order valence-corrected chi connectivity index (χ1v) is 6.62. The number of hydrogen-bond acceptors (Lipinski definition) is 6. The second-order valence-corrected chi connectivity index (χ2v) is 4.96. The van der Waals surface area contributed by atoms with Crippen LogP contribution in [-0.4, -0.2) is 73.8 Å². The average molecular weight is 250 g/mol. The standard InChI is InChI=1S/C12H22N6/c1-11(7-17-5-3-13-9-17)15-16-12(2)8-18-6-4-14-10-18/h9-12H,3-8H2,1-2H3. The summed E-state index contributed by atoms with van der Waals surface area (Å²) in [5.41, 5.74) is 0. The molecule has 2 atom stereocenters. The fraction of sp³-hybridized carbons (Fsp3) is 0.833. The van der Waals surface area contributed by atoms with Gasteiger partial charge in [0.1, 0.15) is 0 Å². The number of rotatable bonds is 6. The molecular weight excluding hydrogens is 228 g/mol. The lowest BCUT2D eigenvalue weighted by molar-refractivity contribution is 0.404. The quantitative estimate of drug-likeness (QED) is 0.658. The molecule has 0 N–H and O–H groups in total. The lowest BCUT2D eigenvalue weighted by atomic mass is 10.3. The molecule has 0 aromatic heterocycles. The molecule has 0 bridgehead atoms. The van der Waals surface area contributed by atoms with Crippen molar-refractivity contribution in [1.29, 1.82) is 0 Å². The Morgan fingerprint density at radius 3 is 1.72 bits per heavy atom. The maximum Gasteiger partial charge on any atom is 0.0855 e. The zero-order chi connectivity index (χ0) is 12.8. The third kappa shape index (κ3) is 4.09. The molecule has 2 aliphatic heterocycles. The van der Waals surface area contributed by atoms with Crippen LogP contribution < -0.4 is 0 Å². The van der Waals surface area contributed by atoms with Crippen molar-refractivity contribution in [2.45, 2.75) is 25.9 Å². The van der Waals surface area contributed by atoms with Gasteiger partial charge in [0.05, 0.1) is 37.9 Å². The molecule has 0 aromatic carbocycles. The molecule has 6 nitrogen and oxygen atoms in total. The zero-order valence-corrected chi connectivity index (χ0v) is 11.2. The predicted octanol–water partition coefficient (Wildman–Crippen LogP) is 0.903. The average Bonchev–Trinajstić information content (AvgIpc) is 2.99. The van der Waals surface area contributed by atoms with Gasteiger partial charge in [-0.15, -0.1) is 0 Å². The highest BCUT2D eigenvalue weighted by atomic mass is 15.3. The van der Waals surface area contributed by atoms with Crippen LogP contribution in [0.1, 0.15) is 13.8 Å². The van der Waals surface area contributed by atoms with E-state index in [2.05, 4.69) is 43.9 Å². The van der Waals surface area contributed by atoms with Gasteiger partial charge in [-0.2, -0.15) is 10.2 Å². The van der Waals surface area contributed by atoms with Crippen molar-refractivity contribution in [3.05, 3.63) is 0 Å². The third-order valence-corrected chi connectivity index (χ3v) is 2.98. The van der Waals surface area contributed by atoms with E-state index in [-0.39, 0.29) is 12.1 Å². The summed E-state index contributed by atoms with van der Waals surface area (Å²) in [6, 6.07) is 0.452. The van der Waals surface area contributed by atoms with Crippen LogP contribution in [0.3, 0.4) is 0 Å². The van der Waals surface area contributed by atoms with Crippen molar-refractivity contribution in [3.63, 3.8) is 0 Å². The molecule has 6 heteroatoms. The van der Waals surface area contributed by atoms with Gasteiger partial charge in [0.15, 0.2) is 0 Å². The topological polar surface area (TPSA) is 55.9 Å². The van der Waals surface area contributed by atoms with E-state index in [1.807, 2.05) is 12.7 Å². The summed E-state index contributed by atoms with van der Waals surface area (Å²) in [7, 11) is 0. The van der Waals surface area contributed by atoms with Gasteiger partial charge in [0.2, 0.25) is 0 Å². The SMILES string of the molecule is CC(CN1C=NCC1)N=NC(C)CN1C=NCC1. The summed E-state index contributed by atoms with van der Waals surface area (Å²) in [6.07, 6.45) is 3.83. The molecular formula is C12H22N6. The van der Waals surface area contributed by atoms with Gasteiger partial charge >= 0.3 is 0 Å². The normalized spacial score (nSPS) is 22.3. The van der Waals surface area contributed by atoms with E-state index in [9.17, 15) is 0 Å². The van der Waals surface area contributed by atoms with Crippen molar-refractivity contribution in [2.75, 3.05) is 39.3 Å². The van der Waals surface area contributed by atoms with Crippen LogP contribution in [0.5, 0.6) is 0 Å². The molecule has 0 saturated carbocycles. The summed E-state index contributed by atoms with van der Waals surface area (Å²) in [4.78, 5) is 12.8. The first-order chi connectivity index (χ1) is 8.74. The fourth-order valence-electron chi connectivity index (χ4n) is 2.09. The molecule has 0 spiro atoms. The van der Waals surface area contributed by atoms with Crippen molar-refractivity contribution in [1.82, 2.24) is 9.80 Å². The summed E-state index contributed by atoms with van der Waals surface area (Å²) in [5, 5.41) is 8.76. The molecule has 0 aliphatic carbocycles. The van der Waals surface area contributed by atoms with Crippen molar-refractivity contribution >= 4 is 12.7 Å². The van der Waals surface area contributed by atoms with E-state index < -0.39 is 0 Å². The molecule has 100 valence electrons. The molecule has 18 heavy (non-hydrogen) atoms. The van der Waals surface area contributed by atoms with Crippen molar-refractivity contribution < 1.29 is 0 Å². The Bertz CT molecular complexity index is 305. The number of hydrogen-bond donors (Lipinski definition) is 0. The van der Waals surface area contributed by atoms with Gasteiger partial charge in [0.25, 0.3) is 0 Å². The number of azo groups is 1. The van der Waals surface area contributed by atoms with E-state index >= 15 is 0 Å². The van der Waals surface area contributed by atoms with Crippen LogP contribution in [0.2, 0.25) is 0 Å². The summed E-state index contributed by atoms with van der Waals surface area (Å²) >= 11 is 0. The van der Waals surface area contributed by atoms with Crippen LogP contribution in [0.4, 0.5) is 0 Å². The molecule has 0 amide bonds. The van der Waals surface area contributed by atoms with Gasteiger partial charge in [-0.25, -0.2) is 0 Å². The lowest BCUT2D eigenvalue weighted by Gasteiger charge is -2.18. The van der Waals surface area contributed by atoms with Crippen LogP contribution in [0.15, 0.2) is 20.2 Å². The Morgan fingerprint density at radius 1 is 0.944 bits per heavy atom. The van der Waals surface area contributed by atoms with Crippen LogP contribution in [0, 0.1) is 0 Å². The van der Waals surface area contributed by atoms with E-state index in [4.69, 9.17) is 0 Å². The zero-order valence-electron chi connectivity index (χ0n) is 11.2. The second-order valence-electron chi connectivity index (χ2n) is 4.96. The van der Waals surface area contributed by atoms with Crippen molar-refractivity contribution in [3.8, 4) is 0 Å². The minimum Gasteiger partial charge on any atom is -0.359 e. The second kappa shape index (κ2) is 6.47. The maximum atomic E-state index is 4.38. The van der Waals surface area contributed by atoms with Crippen molar-refractivity contribution in [2.24, 2.45) is 20.2 Å². The van der Waals surface area contributed by atoms with Crippen LogP contribution in [-0.2, 0) is 0 Å². The smallest absolute Gasteiger partial charge is 0.0855 e. The Kier molecular flexibility index (Phi) is 4.66. The number of aliphatic imine (C=N–C) groups is 2. The van der Waals surface area contributed by atoms with E-state index in [1.165, 1.54) is 0 Å². The van der Waals surface area contributed by atoms with Crippen LogP contribution >= 0.6 is 0 Å². The first kappa shape index (κ1) is 13.0. The Balaban J connectivity index is 1.68. The Morgan fingerprint density at radius 2 is 1.39 bits per heavy atom. The molecule has 0 radical (unpaired) electrons. The third-order valence-electron chi connectivity index (χ3n) is 2.98. The Hall–Kier alpha value is -1.46. The lowest BCUT2D eigenvalue weighted by Crippen LogP contribution is -2.29. The van der Waals surface area contributed by atoms with Crippen LogP contribution in [0.25, 0.3) is 0 Å². The molecule has 2 unspecified atom stereocenters. The predicted molar refractivity (Wildman–Crippen MR) is 73.6 cm³/mol. The van der Waals surface area contributed by atoms with E-state index in [1.54, 1.807) is 0 Å². The largest absolute Gasteiger partial charge is 0.359 e. The monoisotopic (exact) mass is 250 g/mol. The minimum atomic E-state index is 0.226. The van der Waals surface area contributed by atoms with Gasteiger partial charge in [-0.3, -0.25) is 9.98 Å². The molecule has 0 saturated heterocycles. The van der Waals surface area contributed by atoms with Gasteiger partial charge in [0, 0.05) is 26.2 Å². The van der Waals surface area contributed by atoms with Gasteiger partial charge in [-0.1, -0.05) is 0 Å². The molecule has 2 heterocycles. The molecule has 0 fully saturated rings. The highest BCUT2D eigenvalue weighted by Crippen LogP contribution is 2.03. The van der Waals surface area contributed by atoms with Gasteiger partial charge in [-0.05, 0) is 13.8 Å². The van der Waals surface area contributed by atoms with E-state index in [0.29, 0.717) is 0 Å². The summed E-state index contributed by atoms with van der Waals surface area (Å²) < 4.78 is 0. The summed E-state index contributed by atoms with van der Waals surface area (Å²) in [5.74, 6) is 0. The molecule has 2 aliphatic rings. The van der Waals surface area contributed by atoms with E-state index in [0.717, 1.165) is 39.3 Å². The highest BCUT2D eigenvalue weighted by molar-refractivity contribution is 5.57. The molecule has 2 rings (SSSR count). The highest BCUT2D eigenvalue weighted by Gasteiger charge is 2.11.